The lowest BCUT2D eigenvalue weighted by atomic mass is 10.2. The summed E-state index contributed by atoms with van der Waals surface area (Å²) in [5, 5.41) is -0.144. The van der Waals surface area contributed by atoms with Crippen molar-refractivity contribution in [3.8, 4) is 0 Å². The van der Waals surface area contributed by atoms with Crippen LogP contribution in [0.1, 0.15) is 27.9 Å². The van der Waals surface area contributed by atoms with Gasteiger partial charge in [0.25, 0.3) is 0 Å². The maximum absolute atomic E-state index is 12.5. The fraction of sp³-hybridized carbons (Fsp3) is 0.312. The van der Waals surface area contributed by atoms with Crippen LogP contribution in [0.25, 0.3) is 0 Å². The van der Waals surface area contributed by atoms with E-state index in [1.807, 2.05) is 39.0 Å². The van der Waals surface area contributed by atoms with E-state index >= 15 is 0 Å². The fourth-order valence-corrected chi connectivity index (χ4v) is 5.42. The molecule has 0 bridgehead atoms. The van der Waals surface area contributed by atoms with Crippen LogP contribution < -0.4 is 4.90 Å². The molecule has 0 N–H and O–H groups in total. The van der Waals surface area contributed by atoms with Gasteiger partial charge in [-0.05, 0) is 38.5 Å². The zero-order valence-corrected chi connectivity index (χ0v) is 16.9. The van der Waals surface area contributed by atoms with E-state index in [9.17, 15) is 4.79 Å². The van der Waals surface area contributed by atoms with Crippen LogP contribution in [0.4, 0.5) is 5.95 Å². The van der Waals surface area contributed by atoms with Gasteiger partial charge in [0.1, 0.15) is 5.37 Å². The van der Waals surface area contributed by atoms with Gasteiger partial charge in [-0.25, -0.2) is 9.97 Å². The molecule has 0 saturated carbocycles. The van der Waals surface area contributed by atoms with Gasteiger partial charge in [-0.1, -0.05) is 37.9 Å². The second-order valence-corrected chi connectivity index (χ2v) is 8.16. The lowest BCUT2D eigenvalue weighted by molar-refractivity contribution is -0.115. The Morgan fingerprint density at radius 2 is 1.70 bits per heavy atom. The van der Waals surface area contributed by atoms with Crippen LogP contribution >= 0.6 is 43.6 Å². The minimum atomic E-state index is -0.144. The number of hydrogen-bond acceptors (Lipinski definition) is 4. The first-order chi connectivity index (χ1) is 10.9. The largest absolute Gasteiger partial charge is 0.273 e. The topological polar surface area (TPSA) is 46.1 Å². The van der Waals surface area contributed by atoms with Gasteiger partial charge in [0.2, 0.25) is 11.9 Å². The van der Waals surface area contributed by atoms with Crippen LogP contribution in [0.3, 0.4) is 0 Å². The minimum absolute atomic E-state index is 0.0327. The first-order valence-electron chi connectivity index (χ1n) is 7.09. The van der Waals surface area contributed by atoms with Crippen molar-refractivity contribution >= 4 is 55.5 Å². The lowest BCUT2D eigenvalue weighted by Crippen LogP contribution is -2.30. The molecule has 4 nitrogen and oxygen atoms in total. The molecule has 2 aromatic rings. The molecule has 0 spiro atoms. The maximum Gasteiger partial charge on any atom is 0.240 e. The van der Waals surface area contributed by atoms with E-state index in [4.69, 9.17) is 0 Å². The van der Waals surface area contributed by atoms with Crippen molar-refractivity contribution in [3.63, 3.8) is 0 Å². The Morgan fingerprint density at radius 3 is 2.26 bits per heavy atom. The number of hydrogen-bond donors (Lipinski definition) is 0. The van der Waals surface area contributed by atoms with E-state index in [0.29, 0.717) is 11.7 Å². The summed E-state index contributed by atoms with van der Waals surface area (Å²) in [5.74, 6) is 0.937. The minimum Gasteiger partial charge on any atom is -0.273 e. The van der Waals surface area contributed by atoms with E-state index in [-0.39, 0.29) is 11.3 Å². The Morgan fingerprint density at radius 1 is 1.13 bits per heavy atom. The molecule has 1 saturated heterocycles. The summed E-state index contributed by atoms with van der Waals surface area (Å²) in [6.45, 7) is 5.89. The Hall–Kier alpha value is -0.920. The Bertz CT molecular complexity index is 754. The summed E-state index contributed by atoms with van der Waals surface area (Å²) in [6.07, 6.45) is 0. The SMILES string of the molecule is Cc1nc(N2C(=O)CS[C@@H]2c2c(Br)cccc2Br)nc(C)c1C. The number of halogens is 2. The molecule has 120 valence electrons. The van der Waals surface area contributed by atoms with Crippen molar-refractivity contribution in [2.45, 2.75) is 26.1 Å². The standard InChI is InChI=1S/C16H15Br2N3OS/c1-8-9(2)19-16(20-10(8)3)21-13(22)7-23-15(21)14-11(17)5-4-6-12(14)18/h4-6,15H,7H2,1-3H3/t15-/m1/s1. The van der Waals surface area contributed by atoms with Gasteiger partial charge in [-0.3, -0.25) is 9.69 Å². The first-order valence-corrected chi connectivity index (χ1v) is 9.73. The van der Waals surface area contributed by atoms with Gasteiger partial charge in [0.15, 0.2) is 0 Å². The van der Waals surface area contributed by atoms with Crippen molar-refractivity contribution < 1.29 is 4.79 Å². The third-order valence-corrected chi connectivity index (χ3v) is 6.51. The lowest BCUT2D eigenvalue weighted by Gasteiger charge is -2.25. The number of thioether (sulfide) groups is 1. The predicted molar refractivity (Wildman–Crippen MR) is 101 cm³/mol. The third kappa shape index (κ3) is 3.06. The molecule has 2 heterocycles. The van der Waals surface area contributed by atoms with Crippen LogP contribution in [0.2, 0.25) is 0 Å². The molecular weight excluding hydrogens is 442 g/mol. The average Bonchev–Trinajstić information content (AvgIpc) is 2.86. The summed E-state index contributed by atoms with van der Waals surface area (Å²) in [6, 6.07) is 5.92. The zero-order chi connectivity index (χ0) is 16.7. The predicted octanol–water partition coefficient (Wildman–Crippen LogP) is 4.71. The highest BCUT2D eigenvalue weighted by Crippen LogP contribution is 2.45. The summed E-state index contributed by atoms with van der Waals surface area (Å²) < 4.78 is 1.93. The van der Waals surface area contributed by atoms with E-state index in [2.05, 4.69) is 41.8 Å². The van der Waals surface area contributed by atoms with Crippen LogP contribution in [-0.4, -0.2) is 21.6 Å². The summed E-state index contributed by atoms with van der Waals surface area (Å²) in [5.41, 5.74) is 3.90. The van der Waals surface area contributed by atoms with Crippen molar-refractivity contribution in [1.82, 2.24) is 9.97 Å². The summed E-state index contributed by atoms with van der Waals surface area (Å²) in [7, 11) is 0. The number of anilines is 1. The Balaban J connectivity index is 2.11. The Kier molecular flexibility index (Phi) is 4.80. The van der Waals surface area contributed by atoms with E-state index < -0.39 is 0 Å². The molecule has 3 rings (SSSR count). The summed E-state index contributed by atoms with van der Waals surface area (Å²) >= 11 is 8.78. The number of carbonyl (C=O) groups excluding carboxylic acids is 1. The van der Waals surface area contributed by atoms with Gasteiger partial charge in [0.05, 0.1) is 5.75 Å². The number of nitrogens with zero attached hydrogens (tertiary/aromatic N) is 3. The van der Waals surface area contributed by atoms with Crippen molar-refractivity contribution in [2.24, 2.45) is 0 Å². The Labute approximate surface area is 156 Å². The van der Waals surface area contributed by atoms with Crippen molar-refractivity contribution in [3.05, 3.63) is 49.7 Å². The molecule has 0 unspecified atom stereocenters. The van der Waals surface area contributed by atoms with Gasteiger partial charge < -0.3 is 0 Å². The highest BCUT2D eigenvalue weighted by Gasteiger charge is 2.38. The van der Waals surface area contributed by atoms with Gasteiger partial charge in [-0.15, -0.1) is 11.8 Å². The van der Waals surface area contributed by atoms with E-state index in [1.54, 1.807) is 16.7 Å². The van der Waals surface area contributed by atoms with E-state index in [0.717, 1.165) is 31.5 Å². The highest BCUT2D eigenvalue weighted by atomic mass is 79.9. The molecule has 1 fully saturated rings. The molecule has 0 aliphatic carbocycles. The first kappa shape index (κ1) is 16.9. The molecule has 0 radical (unpaired) electrons. The second-order valence-electron chi connectivity index (χ2n) is 5.38. The van der Waals surface area contributed by atoms with Crippen LogP contribution in [0.15, 0.2) is 27.1 Å². The molecule has 1 aromatic heterocycles. The smallest absolute Gasteiger partial charge is 0.240 e. The highest BCUT2D eigenvalue weighted by molar-refractivity contribution is 9.11. The zero-order valence-electron chi connectivity index (χ0n) is 12.9. The quantitative estimate of drug-likeness (QED) is 0.656. The molecule has 23 heavy (non-hydrogen) atoms. The number of aryl methyl sites for hydroxylation is 2. The summed E-state index contributed by atoms with van der Waals surface area (Å²) in [4.78, 5) is 23.3. The van der Waals surface area contributed by atoms with Gasteiger partial charge >= 0.3 is 0 Å². The molecule has 1 aliphatic rings. The fourth-order valence-electron chi connectivity index (χ4n) is 2.46. The van der Waals surface area contributed by atoms with E-state index in [1.165, 1.54) is 0 Å². The molecule has 1 amide bonds. The molecular formula is C16H15Br2N3OS. The number of amides is 1. The van der Waals surface area contributed by atoms with Crippen molar-refractivity contribution in [1.29, 1.82) is 0 Å². The number of benzene rings is 1. The average molecular weight is 457 g/mol. The molecule has 7 heteroatoms. The van der Waals surface area contributed by atoms with Crippen molar-refractivity contribution in [2.75, 3.05) is 10.7 Å². The number of carbonyl (C=O) groups is 1. The maximum atomic E-state index is 12.5. The van der Waals surface area contributed by atoms with Crippen LogP contribution in [0, 0.1) is 20.8 Å². The third-order valence-electron chi connectivity index (χ3n) is 3.95. The number of rotatable bonds is 2. The normalized spacial score (nSPS) is 17.9. The monoisotopic (exact) mass is 455 g/mol. The van der Waals surface area contributed by atoms with Crippen LogP contribution in [0.5, 0.6) is 0 Å². The van der Waals surface area contributed by atoms with Crippen LogP contribution in [-0.2, 0) is 4.79 Å². The molecule has 1 atom stereocenters. The van der Waals surface area contributed by atoms with Gasteiger partial charge in [-0.2, -0.15) is 0 Å². The van der Waals surface area contributed by atoms with Gasteiger partial charge in [0, 0.05) is 25.9 Å². The number of aromatic nitrogens is 2. The second kappa shape index (κ2) is 6.53. The molecule has 1 aromatic carbocycles. The molecule has 1 aliphatic heterocycles.